The van der Waals surface area contributed by atoms with E-state index in [1.807, 2.05) is 31.4 Å². The maximum atomic E-state index is 11.1. The first-order chi connectivity index (χ1) is 10.1. The topological polar surface area (TPSA) is 58.6 Å². The van der Waals surface area contributed by atoms with E-state index in [4.69, 9.17) is 21.4 Å². The van der Waals surface area contributed by atoms with Crippen LogP contribution < -0.4 is 10.1 Å². The molecule has 4 nitrogen and oxygen atoms in total. The largest absolute Gasteiger partial charge is 0.492 e. The number of carbonyl (C=O) groups is 1. The van der Waals surface area contributed by atoms with Gasteiger partial charge < -0.3 is 15.2 Å². The second-order valence-electron chi connectivity index (χ2n) is 4.67. The van der Waals surface area contributed by atoms with Gasteiger partial charge in [0.1, 0.15) is 11.8 Å². The Balaban J connectivity index is 2.57. The van der Waals surface area contributed by atoms with E-state index in [1.54, 1.807) is 11.8 Å². The van der Waals surface area contributed by atoms with E-state index in [0.29, 0.717) is 30.3 Å². The Hall–Kier alpha value is -0.910. The number of carboxylic acids is 1. The Morgan fingerprint density at radius 2 is 2.29 bits per heavy atom. The van der Waals surface area contributed by atoms with Crippen molar-refractivity contribution in [3.63, 3.8) is 0 Å². The molecular formula is C15H22ClNO3S. The summed E-state index contributed by atoms with van der Waals surface area (Å²) in [5, 5.41) is 12.8. The number of nitrogens with one attached hydrogen (secondary N) is 1. The predicted molar refractivity (Wildman–Crippen MR) is 88.5 cm³/mol. The van der Waals surface area contributed by atoms with E-state index in [2.05, 4.69) is 5.32 Å². The molecule has 0 amide bonds. The Morgan fingerprint density at radius 3 is 2.86 bits per heavy atom. The second-order valence-corrected chi connectivity index (χ2v) is 6.06. The highest BCUT2D eigenvalue weighted by atomic mass is 35.5. The number of hydrogen-bond acceptors (Lipinski definition) is 4. The van der Waals surface area contributed by atoms with Gasteiger partial charge in [-0.3, -0.25) is 4.79 Å². The molecule has 21 heavy (non-hydrogen) atoms. The van der Waals surface area contributed by atoms with Gasteiger partial charge in [-0.2, -0.15) is 11.8 Å². The van der Waals surface area contributed by atoms with Crippen molar-refractivity contribution in [3.8, 4) is 5.75 Å². The molecule has 0 bridgehead atoms. The lowest BCUT2D eigenvalue weighted by molar-refractivity contribution is -0.139. The van der Waals surface area contributed by atoms with Crippen molar-refractivity contribution >= 4 is 29.3 Å². The van der Waals surface area contributed by atoms with Gasteiger partial charge in [-0.1, -0.05) is 24.6 Å². The summed E-state index contributed by atoms with van der Waals surface area (Å²) < 4.78 is 5.51. The number of hydrogen-bond donors (Lipinski definition) is 2. The summed E-state index contributed by atoms with van der Waals surface area (Å²) in [6.45, 7) is 3.14. The van der Waals surface area contributed by atoms with Crippen molar-refractivity contribution < 1.29 is 14.6 Å². The van der Waals surface area contributed by atoms with Gasteiger partial charge in [-0.25, -0.2) is 0 Å². The summed E-state index contributed by atoms with van der Waals surface area (Å²) >= 11 is 7.79. The standard InChI is InChI=1S/C15H22ClNO3S/c1-3-7-20-14-5-4-11(9-12(14)16)10-17-13(15(18)19)6-8-21-2/h4-5,9,13,17H,3,6-8,10H2,1-2H3,(H,18,19). The molecule has 0 radical (unpaired) electrons. The number of aliphatic carboxylic acids is 1. The molecule has 0 aromatic heterocycles. The maximum absolute atomic E-state index is 11.1. The number of halogens is 1. The fraction of sp³-hybridized carbons (Fsp3) is 0.533. The molecule has 1 aromatic rings. The zero-order valence-electron chi connectivity index (χ0n) is 12.4. The van der Waals surface area contributed by atoms with Crippen LogP contribution in [0.4, 0.5) is 0 Å². The molecule has 1 aromatic carbocycles. The van der Waals surface area contributed by atoms with Crippen LogP contribution in [0.2, 0.25) is 5.02 Å². The maximum Gasteiger partial charge on any atom is 0.320 e. The minimum absolute atomic E-state index is 0.471. The molecule has 0 aliphatic heterocycles. The third-order valence-electron chi connectivity index (χ3n) is 2.92. The number of benzene rings is 1. The molecule has 1 rings (SSSR count). The molecule has 0 fully saturated rings. The summed E-state index contributed by atoms with van der Waals surface area (Å²) in [5.41, 5.74) is 0.944. The smallest absolute Gasteiger partial charge is 0.320 e. The summed E-state index contributed by atoms with van der Waals surface area (Å²) in [6, 6.07) is 5.00. The summed E-state index contributed by atoms with van der Waals surface area (Å²) in [5.74, 6) is 0.659. The molecular weight excluding hydrogens is 310 g/mol. The van der Waals surface area contributed by atoms with Crippen LogP contribution in [0.25, 0.3) is 0 Å². The lowest BCUT2D eigenvalue weighted by Crippen LogP contribution is -2.36. The van der Waals surface area contributed by atoms with Crippen LogP contribution in [0.5, 0.6) is 5.75 Å². The Labute approximate surface area is 135 Å². The number of ether oxygens (including phenoxy) is 1. The average molecular weight is 332 g/mol. The van der Waals surface area contributed by atoms with Gasteiger partial charge in [0.05, 0.1) is 11.6 Å². The van der Waals surface area contributed by atoms with E-state index in [0.717, 1.165) is 17.7 Å². The second kappa shape index (κ2) is 9.92. The van der Waals surface area contributed by atoms with Crippen LogP contribution in [-0.4, -0.2) is 35.7 Å². The highest BCUT2D eigenvalue weighted by molar-refractivity contribution is 7.98. The average Bonchev–Trinajstić information content (AvgIpc) is 2.46. The first-order valence-corrected chi connectivity index (χ1v) is 8.72. The number of thioether (sulfide) groups is 1. The van der Waals surface area contributed by atoms with Gasteiger partial charge in [-0.05, 0) is 42.5 Å². The number of rotatable bonds is 10. The highest BCUT2D eigenvalue weighted by Gasteiger charge is 2.16. The monoisotopic (exact) mass is 331 g/mol. The van der Waals surface area contributed by atoms with Crippen LogP contribution >= 0.6 is 23.4 Å². The van der Waals surface area contributed by atoms with Crippen LogP contribution in [0.15, 0.2) is 18.2 Å². The lowest BCUT2D eigenvalue weighted by atomic mass is 10.1. The first kappa shape index (κ1) is 18.1. The van der Waals surface area contributed by atoms with Crippen LogP contribution in [0.3, 0.4) is 0 Å². The Bertz CT molecular complexity index is 457. The van der Waals surface area contributed by atoms with E-state index < -0.39 is 12.0 Å². The molecule has 6 heteroatoms. The third kappa shape index (κ3) is 6.59. The van der Waals surface area contributed by atoms with Crippen molar-refractivity contribution in [2.24, 2.45) is 0 Å². The van der Waals surface area contributed by atoms with Crippen LogP contribution in [0.1, 0.15) is 25.3 Å². The van der Waals surface area contributed by atoms with Crippen LogP contribution in [-0.2, 0) is 11.3 Å². The lowest BCUT2D eigenvalue weighted by Gasteiger charge is -2.14. The third-order valence-corrected chi connectivity index (χ3v) is 3.86. The molecule has 1 atom stereocenters. The Kier molecular flexibility index (Phi) is 8.57. The van der Waals surface area contributed by atoms with E-state index >= 15 is 0 Å². The molecule has 0 saturated carbocycles. The van der Waals surface area contributed by atoms with Gasteiger partial charge in [0.2, 0.25) is 0 Å². The predicted octanol–water partition coefficient (Wildman–Crippen LogP) is 3.42. The zero-order chi connectivity index (χ0) is 15.7. The highest BCUT2D eigenvalue weighted by Crippen LogP contribution is 2.25. The van der Waals surface area contributed by atoms with Crippen molar-refractivity contribution in [1.82, 2.24) is 5.32 Å². The van der Waals surface area contributed by atoms with Gasteiger partial charge in [0, 0.05) is 6.54 Å². The Morgan fingerprint density at radius 1 is 1.52 bits per heavy atom. The van der Waals surface area contributed by atoms with Crippen molar-refractivity contribution in [1.29, 1.82) is 0 Å². The van der Waals surface area contributed by atoms with Gasteiger partial charge in [0.25, 0.3) is 0 Å². The summed E-state index contributed by atoms with van der Waals surface area (Å²) in [4.78, 5) is 11.1. The van der Waals surface area contributed by atoms with E-state index in [-0.39, 0.29) is 0 Å². The fourth-order valence-electron chi connectivity index (χ4n) is 1.77. The van der Waals surface area contributed by atoms with Crippen LogP contribution in [0, 0.1) is 0 Å². The molecule has 0 heterocycles. The summed E-state index contributed by atoms with van der Waals surface area (Å²) in [7, 11) is 0. The fourth-order valence-corrected chi connectivity index (χ4v) is 2.50. The summed E-state index contributed by atoms with van der Waals surface area (Å²) in [6.07, 6.45) is 3.49. The first-order valence-electron chi connectivity index (χ1n) is 6.94. The minimum Gasteiger partial charge on any atom is -0.492 e. The number of carboxylic acid groups (broad SMARTS) is 1. The molecule has 1 unspecified atom stereocenters. The van der Waals surface area contributed by atoms with Crippen molar-refractivity contribution in [2.75, 3.05) is 18.6 Å². The molecule has 118 valence electrons. The molecule has 0 aliphatic carbocycles. The normalized spacial score (nSPS) is 12.1. The van der Waals surface area contributed by atoms with Gasteiger partial charge in [0.15, 0.2) is 0 Å². The molecule has 0 saturated heterocycles. The van der Waals surface area contributed by atoms with E-state index in [9.17, 15) is 4.79 Å². The minimum atomic E-state index is -0.821. The molecule has 2 N–H and O–H groups in total. The SMILES string of the molecule is CCCOc1ccc(CNC(CCSC)C(=O)O)cc1Cl. The van der Waals surface area contributed by atoms with Gasteiger partial charge >= 0.3 is 5.97 Å². The van der Waals surface area contributed by atoms with Crippen molar-refractivity contribution in [3.05, 3.63) is 28.8 Å². The van der Waals surface area contributed by atoms with Crippen molar-refractivity contribution in [2.45, 2.75) is 32.4 Å². The van der Waals surface area contributed by atoms with Gasteiger partial charge in [-0.15, -0.1) is 0 Å². The van der Waals surface area contributed by atoms with E-state index in [1.165, 1.54) is 0 Å². The molecule has 0 aliphatic rings. The zero-order valence-corrected chi connectivity index (χ0v) is 14.0. The quantitative estimate of drug-likeness (QED) is 0.688. The molecule has 0 spiro atoms.